The van der Waals surface area contributed by atoms with E-state index in [-0.39, 0.29) is 30.8 Å². The second-order valence-corrected chi connectivity index (χ2v) is 10.9. The monoisotopic (exact) mass is 502 g/mol. The number of ether oxygens (including phenoxy) is 3. The summed E-state index contributed by atoms with van der Waals surface area (Å²) < 4.78 is 16.5. The van der Waals surface area contributed by atoms with Gasteiger partial charge in [-0.2, -0.15) is 5.10 Å². The molecule has 2 fully saturated rings. The number of alkyl carbamates (subject to hydrolysis) is 1. The molecule has 0 unspecified atom stereocenters. The van der Waals surface area contributed by atoms with Gasteiger partial charge < -0.3 is 19.5 Å². The minimum absolute atomic E-state index is 0.0405. The van der Waals surface area contributed by atoms with Crippen molar-refractivity contribution in [3.05, 3.63) is 42.2 Å². The zero-order valence-corrected chi connectivity index (χ0v) is 21.0. The average Bonchev–Trinajstić information content (AvgIpc) is 3.19. The maximum absolute atomic E-state index is 13.7. The number of hydrogen-bond acceptors (Lipinski definition) is 9. The normalized spacial score (nSPS) is 27.0. The van der Waals surface area contributed by atoms with Gasteiger partial charge in [-0.3, -0.25) is 9.89 Å². The highest BCUT2D eigenvalue weighted by Gasteiger charge is 2.76. The third-order valence-electron chi connectivity index (χ3n) is 6.11. The summed E-state index contributed by atoms with van der Waals surface area (Å²) in [5, 5.41) is 9.85. The van der Waals surface area contributed by atoms with Crippen LogP contribution in [0.15, 0.2) is 41.8 Å². The van der Waals surface area contributed by atoms with Gasteiger partial charge in [-0.15, -0.1) is 0 Å². The summed E-state index contributed by atoms with van der Waals surface area (Å²) in [4.78, 5) is 43.5. The number of benzene rings is 1. The maximum Gasteiger partial charge on any atom is 0.408 e. The lowest BCUT2D eigenvalue weighted by Crippen LogP contribution is -2.58. The van der Waals surface area contributed by atoms with Gasteiger partial charge in [-0.05, 0) is 45.6 Å². The van der Waals surface area contributed by atoms with Crippen LogP contribution in [0, 0.1) is 17.8 Å². The summed E-state index contributed by atoms with van der Waals surface area (Å²) in [5.41, 5.74) is -1.40. The number of hydrogen-bond donors (Lipinski definition) is 2. The molecule has 1 aromatic carbocycles. The Kier molecular flexibility index (Phi) is 7.07. The molecule has 10 nitrogen and oxygen atoms in total. The third-order valence-corrected chi connectivity index (χ3v) is 7.32. The van der Waals surface area contributed by atoms with Gasteiger partial charge in [0.15, 0.2) is 5.16 Å². The molecule has 1 amide bonds. The summed E-state index contributed by atoms with van der Waals surface area (Å²) in [5.74, 6) is -2.24. The fourth-order valence-electron chi connectivity index (χ4n) is 4.82. The van der Waals surface area contributed by atoms with Crippen molar-refractivity contribution in [1.29, 1.82) is 0 Å². The number of nitrogens with zero attached hydrogens (tertiary/aromatic N) is 2. The van der Waals surface area contributed by atoms with E-state index < -0.39 is 41.0 Å². The molecular weight excluding hydrogens is 472 g/mol. The van der Waals surface area contributed by atoms with Gasteiger partial charge in [0, 0.05) is 11.2 Å². The van der Waals surface area contributed by atoms with Gasteiger partial charge in [0.25, 0.3) is 0 Å². The Bertz CT molecular complexity index is 1060. The molecule has 1 aromatic heterocycles. The lowest BCUT2D eigenvalue weighted by Gasteiger charge is -2.33. The standard InChI is InChI=1S/C24H30N4O6S/c1-5-32-19(29)17-16-15(35-21-25-13-26-28-21)11-24(18(16)17,27-22(31)34-23(2,3)4)20(30)33-12-14-9-7-6-8-10-14/h6-10,13,15-18H,5,11-12H2,1-4H3,(H,27,31)(H,25,26,28)/t15-,16-,17-,18-,24-/m0/s1. The van der Waals surface area contributed by atoms with Gasteiger partial charge >= 0.3 is 18.0 Å². The summed E-state index contributed by atoms with van der Waals surface area (Å²) in [7, 11) is 0. The third kappa shape index (κ3) is 5.44. The predicted octanol–water partition coefficient (Wildman–Crippen LogP) is 3.10. The van der Waals surface area contributed by atoms with Crippen LogP contribution >= 0.6 is 11.8 Å². The van der Waals surface area contributed by atoms with Crippen molar-refractivity contribution in [2.24, 2.45) is 17.8 Å². The molecule has 2 aliphatic carbocycles. The van der Waals surface area contributed by atoms with E-state index in [9.17, 15) is 14.4 Å². The number of esters is 2. The average molecular weight is 503 g/mol. The van der Waals surface area contributed by atoms with E-state index in [0.29, 0.717) is 5.16 Å². The molecule has 1 heterocycles. The van der Waals surface area contributed by atoms with E-state index in [0.717, 1.165) is 5.56 Å². The maximum atomic E-state index is 13.7. The van der Waals surface area contributed by atoms with Gasteiger partial charge in [0.2, 0.25) is 0 Å². The van der Waals surface area contributed by atoms with E-state index in [2.05, 4.69) is 20.5 Å². The Morgan fingerprint density at radius 3 is 2.57 bits per heavy atom. The summed E-state index contributed by atoms with van der Waals surface area (Å²) in [6.45, 7) is 7.22. The molecule has 2 aromatic rings. The molecule has 11 heteroatoms. The summed E-state index contributed by atoms with van der Waals surface area (Å²) in [6, 6.07) is 9.27. The highest BCUT2D eigenvalue weighted by atomic mass is 32.2. The number of aromatic nitrogens is 3. The van der Waals surface area contributed by atoms with Gasteiger partial charge in [0.05, 0.1) is 12.5 Å². The van der Waals surface area contributed by atoms with Gasteiger partial charge in [-0.1, -0.05) is 42.1 Å². The molecule has 2 N–H and O–H groups in total. The SMILES string of the molecule is CCOC(=O)[C@H]1[C@H]2[C@@H]1[C@](NC(=O)OC(C)(C)C)(C(=O)OCc1ccccc1)C[C@@H]2Sc1ncn[nH]1. The van der Waals surface area contributed by atoms with Crippen LogP contribution in [0.25, 0.3) is 0 Å². The fourth-order valence-corrected chi connectivity index (χ4v) is 6.16. The van der Waals surface area contributed by atoms with Crippen LogP contribution in [0.1, 0.15) is 39.7 Å². The minimum atomic E-state index is -1.45. The largest absolute Gasteiger partial charge is 0.466 e. The first-order chi connectivity index (χ1) is 16.6. The molecule has 4 rings (SSSR count). The molecular formula is C24H30N4O6S. The fraction of sp³-hybridized carbons (Fsp3) is 0.542. The zero-order chi connectivity index (χ0) is 25.2. The molecule has 5 atom stereocenters. The zero-order valence-electron chi connectivity index (χ0n) is 20.1. The first-order valence-corrected chi connectivity index (χ1v) is 12.4. The second kappa shape index (κ2) is 9.88. The Hall–Kier alpha value is -3.08. The summed E-state index contributed by atoms with van der Waals surface area (Å²) in [6.07, 6.45) is 0.897. The van der Waals surface area contributed by atoms with Crippen molar-refractivity contribution in [1.82, 2.24) is 20.5 Å². The van der Waals surface area contributed by atoms with Crippen molar-refractivity contribution in [3.8, 4) is 0 Å². The van der Waals surface area contributed by atoms with Crippen LogP contribution in [-0.2, 0) is 30.4 Å². The van der Waals surface area contributed by atoms with Gasteiger partial charge in [0.1, 0.15) is 24.1 Å². The van der Waals surface area contributed by atoms with Crippen molar-refractivity contribution in [2.45, 2.75) is 62.3 Å². The molecule has 0 bridgehead atoms. The number of amides is 1. The highest BCUT2D eigenvalue weighted by Crippen LogP contribution is 2.66. The van der Waals surface area contributed by atoms with Crippen molar-refractivity contribution in [3.63, 3.8) is 0 Å². The lowest BCUT2D eigenvalue weighted by atomic mass is 9.90. The Labute approximate surface area is 207 Å². The molecule has 0 saturated heterocycles. The first kappa shape index (κ1) is 25.0. The van der Waals surface area contributed by atoms with Gasteiger partial charge in [-0.25, -0.2) is 14.6 Å². The van der Waals surface area contributed by atoms with Crippen LogP contribution < -0.4 is 5.32 Å². The number of nitrogens with one attached hydrogen (secondary N) is 2. The predicted molar refractivity (Wildman–Crippen MR) is 126 cm³/mol. The number of H-pyrrole nitrogens is 1. The number of aromatic amines is 1. The van der Waals surface area contributed by atoms with Crippen LogP contribution in [0.2, 0.25) is 0 Å². The van der Waals surface area contributed by atoms with Crippen LogP contribution in [-0.4, -0.2) is 56.2 Å². The molecule has 0 aliphatic heterocycles. The van der Waals surface area contributed by atoms with E-state index in [1.807, 2.05) is 30.3 Å². The lowest BCUT2D eigenvalue weighted by molar-refractivity contribution is -0.155. The smallest absolute Gasteiger partial charge is 0.408 e. The Morgan fingerprint density at radius 1 is 1.20 bits per heavy atom. The number of fused-ring (bicyclic) bond motifs is 1. The molecule has 2 saturated carbocycles. The molecule has 0 spiro atoms. The quantitative estimate of drug-likeness (QED) is 0.413. The van der Waals surface area contributed by atoms with Crippen molar-refractivity contribution >= 4 is 29.8 Å². The first-order valence-electron chi connectivity index (χ1n) is 11.6. The number of carbonyl (C=O) groups excluding carboxylic acids is 3. The van der Waals surface area contributed by atoms with Crippen LogP contribution in [0.3, 0.4) is 0 Å². The van der Waals surface area contributed by atoms with E-state index in [4.69, 9.17) is 14.2 Å². The van der Waals surface area contributed by atoms with Crippen molar-refractivity contribution in [2.75, 3.05) is 6.61 Å². The Balaban J connectivity index is 1.63. The number of thioether (sulfide) groups is 1. The van der Waals surface area contributed by atoms with Crippen molar-refractivity contribution < 1.29 is 28.6 Å². The van der Waals surface area contributed by atoms with Crippen LogP contribution in [0.4, 0.5) is 4.79 Å². The molecule has 35 heavy (non-hydrogen) atoms. The number of carbonyl (C=O) groups is 3. The minimum Gasteiger partial charge on any atom is -0.466 e. The topological polar surface area (TPSA) is 132 Å². The van der Waals surface area contributed by atoms with E-state index in [1.165, 1.54) is 18.1 Å². The molecule has 2 aliphatic rings. The van der Waals surface area contributed by atoms with E-state index in [1.54, 1.807) is 27.7 Å². The van der Waals surface area contributed by atoms with E-state index >= 15 is 0 Å². The second-order valence-electron chi connectivity index (χ2n) is 9.69. The Morgan fingerprint density at radius 2 is 1.94 bits per heavy atom. The molecule has 188 valence electrons. The molecule has 0 radical (unpaired) electrons. The van der Waals surface area contributed by atoms with Crippen LogP contribution in [0.5, 0.6) is 0 Å². The number of rotatable bonds is 8. The highest BCUT2D eigenvalue weighted by molar-refractivity contribution is 7.99. The summed E-state index contributed by atoms with van der Waals surface area (Å²) >= 11 is 1.38.